The first-order valence-electron chi connectivity index (χ1n) is 5.44. The standard InChI is InChI=1S/C14H11NO2/c15-8-10-7-13(16)12-6-5-9-3-1-2-4-11(9)14(12)17-10/h1-7H,8,15H2. The van der Waals surface area contributed by atoms with E-state index in [0.717, 1.165) is 10.8 Å². The Morgan fingerprint density at radius 2 is 1.88 bits per heavy atom. The van der Waals surface area contributed by atoms with Crippen LogP contribution in [0.5, 0.6) is 0 Å². The van der Waals surface area contributed by atoms with E-state index in [2.05, 4.69) is 0 Å². The fraction of sp³-hybridized carbons (Fsp3) is 0.0714. The molecule has 2 N–H and O–H groups in total. The molecule has 2 aromatic carbocycles. The Morgan fingerprint density at radius 1 is 1.06 bits per heavy atom. The SMILES string of the molecule is NCc1cc(=O)c2ccc3ccccc3c2o1. The Morgan fingerprint density at radius 3 is 2.71 bits per heavy atom. The molecule has 1 aromatic heterocycles. The van der Waals surface area contributed by atoms with Crippen molar-refractivity contribution in [2.75, 3.05) is 0 Å². The van der Waals surface area contributed by atoms with Crippen molar-refractivity contribution in [1.29, 1.82) is 0 Å². The van der Waals surface area contributed by atoms with Gasteiger partial charge in [-0.25, -0.2) is 0 Å². The minimum absolute atomic E-state index is 0.0440. The second-order valence-corrected chi connectivity index (χ2v) is 3.94. The maximum absolute atomic E-state index is 11.9. The number of hydrogen-bond donors (Lipinski definition) is 1. The molecule has 0 aliphatic heterocycles. The van der Waals surface area contributed by atoms with Crippen molar-refractivity contribution < 1.29 is 4.42 Å². The van der Waals surface area contributed by atoms with E-state index < -0.39 is 0 Å². The first-order chi connectivity index (χ1) is 8.29. The van der Waals surface area contributed by atoms with Crippen molar-refractivity contribution in [3.05, 3.63) is 58.4 Å². The molecular formula is C14H11NO2. The normalized spacial score (nSPS) is 11.1. The maximum Gasteiger partial charge on any atom is 0.193 e. The first-order valence-corrected chi connectivity index (χ1v) is 5.44. The molecule has 17 heavy (non-hydrogen) atoms. The highest BCUT2D eigenvalue weighted by atomic mass is 16.3. The zero-order valence-electron chi connectivity index (χ0n) is 9.14. The molecule has 3 rings (SSSR count). The van der Waals surface area contributed by atoms with Gasteiger partial charge < -0.3 is 10.2 Å². The summed E-state index contributed by atoms with van der Waals surface area (Å²) >= 11 is 0. The topological polar surface area (TPSA) is 56.2 Å². The summed E-state index contributed by atoms with van der Waals surface area (Å²) < 4.78 is 5.68. The summed E-state index contributed by atoms with van der Waals surface area (Å²) in [4.78, 5) is 11.9. The van der Waals surface area contributed by atoms with Gasteiger partial charge in [0, 0.05) is 11.5 Å². The van der Waals surface area contributed by atoms with E-state index in [1.165, 1.54) is 6.07 Å². The van der Waals surface area contributed by atoms with Crippen molar-refractivity contribution in [3.63, 3.8) is 0 Å². The molecule has 84 valence electrons. The summed E-state index contributed by atoms with van der Waals surface area (Å²) in [6.45, 7) is 0.231. The third-order valence-corrected chi connectivity index (χ3v) is 2.87. The molecule has 1 heterocycles. The lowest BCUT2D eigenvalue weighted by Gasteiger charge is -2.04. The number of benzene rings is 2. The lowest BCUT2D eigenvalue weighted by molar-refractivity contribution is 0.542. The van der Waals surface area contributed by atoms with Crippen molar-refractivity contribution >= 4 is 21.7 Å². The van der Waals surface area contributed by atoms with E-state index in [-0.39, 0.29) is 12.0 Å². The van der Waals surface area contributed by atoms with Gasteiger partial charge in [0.2, 0.25) is 0 Å². The van der Waals surface area contributed by atoms with Crippen LogP contribution in [0.2, 0.25) is 0 Å². The van der Waals surface area contributed by atoms with Gasteiger partial charge in [-0.05, 0) is 11.5 Å². The predicted molar refractivity (Wildman–Crippen MR) is 67.9 cm³/mol. The Labute approximate surface area is 97.5 Å². The van der Waals surface area contributed by atoms with Gasteiger partial charge >= 0.3 is 0 Å². The number of rotatable bonds is 1. The number of hydrogen-bond acceptors (Lipinski definition) is 3. The molecule has 3 nitrogen and oxygen atoms in total. The second kappa shape index (κ2) is 3.71. The fourth-order valence-electron chi connectivity index (χ4n) is 2.03. The molecule has 0 radical (unpaired) electrons. The Balaban J connectivity index is 2.56. The zero-order chi connectivity index (χ0) is 11.8. The Bertz CT molecular complexity index is 759. The number of fused-ring (bicyclic) bond motifs is 3. The van der Waals surface area contributed by atoms with Crippen molar-refractivity contribution in [3.8, 4) is 0 Å². The maximum atomic E-state index is 11.9. The molecular weight excluding hydrogens is 214 g/mol. The van der Waals surface area contributed by atoms with Gasteiger partial charge in [0.25, 0.3) is 0 Å². The fourth-order valence-corrected chi connectivity index (χ4v) is 2.03. The van der Waals surface area contributed by atoms with Crippen LogP contribution in [0.4, 0.5) is 0 Å². The van der Waals surface area contributed by atoms with Gasteiger partial charge in [0.15, 0.2) is 5.43 Å². The van der Waals surface area contributed by atoms with Crippen molar-refractivity contribution in [2.24, 2.45) is 5.73 Å². The lowest BCUT2D eigenvalue weighted by Crippen LogP contribution is -2.05. The smallest absolute Gasteiger partial charge is 0.193 e. The van der Waals surface area contributed by atoms with Crippen LogP contribution in [0.25, 0.3) is 21.7 Å². The van der Waals surface area contributed by atoms with Gasteiger partial charge in [-0.15, -0.1) is 0 Å². The predicted octanol–water partition coefficient (Wildman–Crippen LogP) is 2.40. The highest BCUT2D eigenvalue weighted by Gasteiger charge is 2.07. The van der Waals surface area contributed by atoms with Crippen molar-refractivity contribution in [2.45, 2.75) is 6.54 Å². The summed E-state index contributed by atoms with van der Waals surface area (Å²) in [6.07, 6.45) is 0. The van der Waals surface area contributed by atoms with Crippen LogP contribution in [0.15, 0.2) is 51.7 Å². The highest BCUT2D eigenvalue weighted by Crippen LogP contribution is 2.23. The third kappa shape index (κ3) is 1.52. The summed E-state index contributed by atoms with van der Waals surface area (Å²) in [5.41, 5.74) is 6.10. The van der Waals surface area contributed by atoms with E-state index in [1.54, 1.807) is 6.07 Å². The van der Waals surface area contributed by atoms with Crippen LogP contribution < -0.4 is 11.2 Å². The Kier molecular flexibility index (Phi) is 2.20. The van der Waals surface area contributed by atoms with E-state index in [4.69, 9.17) is 10.2 Å². The molecule has 0 saturated carbocycles. The Hall–Kier alpha value is -2.13. The molecule has 0 saturated heterocycles. The molecule has 3 heteroatoms. The summed E-state index contributed by atoms with van der Waals surface area (Å²) in [7, 11) is 0. The zero-order valence-corrected chi connectivity index (χ0v) is 9.14. The monoisotopic (exact) mass is 225 g/mol. The van der Waals surface area contributed by atoms with Gasteiger partial charge in [0.05, 0.1) is 11.9 Å². The summed E-state index contributed by atoms with van der Waals surface area (Å²) in [6, 6.07) is 13.0. The molecule has 0 spiro atoms. The minimum Gasteiger partial charge on any atom is -0.459 e. The van der Waals surface area contributed by atoms with Crippen LogP contribution in [0.1, 0.15) is 5.76 Å². The summed E-state index contributed by atoms with van der Waals surface area (Å²) in [5, 5.41) is 2.59. The largest absolute Gasteiger partial charge is 0.459 e. The van der Waals surface area contributed by atoms with E-state index in [1.807, 2.05) is 30.3 Å². The summed E-state index contributed by atoms with van der Waals surface area (Å²) in [5.74, 6) is 0.513. The average Bonchev–Trinajstić information content (AvgIpc) is 2.38. The van der Waals surface area contributed by atoms with Gasteiger partial charge in [-0.2, -0.15) is 0 Å². The lowest BCUT2D eigenvalue weighted by atomic mass is 10.1. The average molecular weight is 225 g/mol. The van der Waals surface area contributed by atoms with Gasteiger partial charge in [-0.1, -0.05) is 30.3 Å². The van der Waals surface area contributed by atoms with E-state index in [9.17, 15) is 4.79 Å². The molecule has 0 unspecified atom stereocenters. The van der Waals surface area contributed by atoms with Crippen LogP contribution >= 0.6 is 0 Å². The molecule has 0 fully saturated rings. The van der Waals surface area contributed by atoms with Crippen LogP contribution in [-0.4, -0.2) is 0 Å². The molecule has 3 aromatic rings. The molecule has 0 bridgehead atoms. The minimum atomic E-state index is -0.0440. The van der Waals surface area contributed by atoms with Gasteiger partial charge in [0.1, 0.15) is 11.3 Å². The second-order valence-electron chi connectivity index (χ2n) is 3.94. The van der Waals surface area contributed by atoms with Crippen LogP contribution in [0.3, 0.4) is 0 Å². The van der Waals surface area contributed by atoms with Crippen LogP contribution in [0, 0.1) is 0 Å². The van der Waals surface area contributed by atoms with E-state index in [0.29, 0.717) is 16.7 Å². The highest BCUT2D eigenvalue weighted by molar-refractivity contribution is 6.03. The molecule has 0 aliphatic carbocycles. The van der Waals surface area contributed by atoms with Gasteiger partial charge in [-0.3, -0.25) is 4.79 Å². The molecule has 0 atom stereocenters. The first kappa shape index (κ1) is 10.1. The van der Waals surface area contributed by atoms with E-state index >= 15 is 0 Å². The van der Waals surface area contributed by atoms with Crippen molar-refractivity contribution in [1.82, 2.24) is 0 Å². The van der Waals surface area contributed by atoms with Crippen LogP contribution in [-0.2, 0) is 6.54 Å². The molecule has 0 aliphatic rings. The number of nitrogens with two attached hydrogens (primary N) is 1. The quantitative estimate of drug-likeness (QED) is 0.647. The molecule has 0 amide bonds. The third-order valence-electron chi connectivity index (χ3n) is 2.87.